The fourth-order valence-corrected chi connectivity index (χ4v) is 2.67. The van der Waals surface area contributed by atoms with Crippen LogP contribution in [0.5, 0.6) is 0 Å². The van der Waals surface area contributed by atoms with Crippen molar-refractivity contribution in [2.24, 2.45) is 11.3 Å². The second-order valence-electron chi connectivity index (χ2n) is 6.09. The van der Waals surface area contributed by atoms with Gasteiger partial charge in [-0.2, -0.15) is 0 Å². The SMILES string of the molecule is CC(C)CNC(=O)NCC1(CC(=O)O)CCCCC1. The molecule has 1 fully saturated rings. The summed E-state index contributed by atoms with van der Waals surface area (Å²) >= 11 is 0. The highest BCUT2D eigenvalue weighted by atomic mass is 16.4. The second-order valence-corrected chi connectivity index (χ2v) is 6.09. The molecule has 0 bridgehead atoms. The minimum Gasteiger partial charge on any atom is -0.481 e. The van der Waals surface area contributed by atoms with Crippen molar-refractivity contribution in [3.05, 3.63) is 0 Å². The molecule has 1 rings (SSSR count). The third kappa shape index (κ3) is 5.94. The standard InChI is InChI=1S/C14H26N2O3/c1-11(2)9-15-13(19)16-10-14(8-12(17)18)6-4-3-5-7-14/h11H,3-10H2,1-2H3,(H,17,18)(H2,15,16,19). The number of nitrogens with one attached hydrogen (secondary N) is 2. The highest BCUT2D eigenvalue weighted by Crippen LogP contribution is 2.38. The third-order valence-corrected chi connectivity index (χ3v) is 3.74. The maximum Gasteiger partial charge on any atom is 0.314 e. The largest absolute Gasteiger partial charge is 0.481 e. The van der Waals surface area contributed by atoms with E-state index in [2.05, 4.69) is 10.6 Å². The van der Waals surface area contributed by atoms with Crippen LogP contribution in [0.4, 0.5) is 4.79 Å². The summed E-state index contributed by atoms with van der Waals surface area (Å²) in [7, 11) is 0. The van der Waals surface area contributed by atoms with Gasteiger partial charge in [0.15, 0.2) is 0 Å². The van der Waals surface area contributed by atoms with Gasteiger partial charge in [-0.15, -0.1) is 0 Å². The average molecular weight is 270 g/mol. The molecule has 110 valence electrons. The lowest BCUT2D eigenvalue weighted by molar-refractivity contribution is -0.140. The smallest absolute Gasteiger partial charge is 0.314 e. The molecule has 0 radical (unpaired) electrons. The van der Waals surface area contributed by atoms with Gasteiger partial charge < -0.3 is 15.7 Å². The molecular formula is C14H26N2O3. The molecule has 0 atom stereocenters. The highest BCUT2D eigenvalue weighted by Gasteiger charge is 2.34. The lowest BCUT2D eigenvalue weighted by Gasteiger charge is -2.36. The molecule has 5 nitrogen and oxygen atoms in total. The number of aliphatic carboxylic acids is 1. The fraction of sp³-hybridized carbons (Fsp3) is 0.857. The van der Waals surface area contributed by atoms with Crippen LogP contribution in [-0.4, -0.2) is 30.2 Å². The number of hydrogen-bond donors (Lipinski definition) is 3. The van der Waals surface area contributed by atoms with E-state index in [1.807, 2.05) is 13.8 Å². The Morgan fingerprint density at radius 2 is 1.79 bits per heavy atom. The van der Waals surface area contributed by atoms with E-state index in [0.717, 1.165) is 25.7 Å². The van der Waals surface area contributed by atoms with Gasteiger partial charge in [-0.1, -0.05) is 33.1 Å². The molecule has 0 aliphatic heterocycles. The van der Waals surface area contributed by atoms with Gasteiger partial charge in [0.2, 0.25) is 0 Å². The number of rotatable bonds is 6. The highest BCUT2D eigenvalue weighted by molar-refractivity contribution is 5.74. The van der Waals surface area contributed by atoms with Crippen molar-refractivity contribution < 1.29 is 14.7 Å². The Morgan fingerprint density at radius 1 is 1.16 bits per heavy atom. The summed E-state index contributed by atoms with van der Waals surface area (Å²) in [5.41, 5.74) is -0.251. The van der Waals surface area contributed by atoms with Crippen molar-refractivity contribution >= 4 is 12.0 Å². The van der Waals surface area contributed by atoms with Gasteiger partial charge in [0.1, 0.15) is 0 Å². The van der Waals surface area contributed by atoms with E-state index in [1.165, 1.54) is 6.42 Å². The van der Waals surface area contributed by atoms with E-state index >= 15 is 0 Å². The summed E-state index contributed by atoms with van der Waals surface area (Å²) in [6.07, 6.45) is 5.22. The van der Waals surface area contributed by atoms with E-state index < -0.39 is 5.97 Å². The first-order chi connectivity index (χ1) is 8.93. The monoisotopic (exact) mass is 270 g/mol. The quantitative estimate of drug-likeness (QED) is 0.693. The summed E-state index contributed by atoms with van der Waals surface area (Å²) in [5, 5.41) is 14.7. The molecule has 0 unspecified atom stereocenters. The van der Waals surface area contributed by atoms with Crippen LogP contribution in [0.25, 0.3) is 0 Å². The zero-order valence-electron chi connectivity index (χ0n) is 12.0. The van der Waals surface area contributed by atoms with Gasteiger partial charge in [-0.3, -0.25) is 4.79 Å². The zero-order chi connectivity index (χ0) is 14.3. The Kier molecular flexibility index (Phi) is 6.12. The van der Waals surface area contributed by atoms with Crippen molar-refractivity contribution in [1.29, 1.82) is 0 Å². The summed E-state index contributed by atoms with van der Waals surface area (Å²) in [5.74, 6) is -0.361. The number of amides is 2. The van der Waals surface area contributed by atoms with Crippen molar-refractivity contribution in [2.45, 2.75) is 52.4 Å². The molecule has 0 aromatic rings. The molecule has 1 aliphatic rings. The predicted molar refractivity (Wildman–Crippen MR) is 74.0 cm³/mol. The Morgan fingerprint density at radius 3 is 2.32 bits per heavy atom. The maximum absolute atomic E-state index is 11.6. The van der Waals surface area contributed by atoms with Crippen LogP contribution < -0.4 is 10.6 Å². The average Bonchev–Trinajstić information content (AvgIpc) is 2.34. The Labute approximate surface area is 115 Å². The van der Waals surface area contributed by atoms with E-state index in [-0.39, 0.29) is 17.9 Å². The summed E-state index contributed by atoms with van der Waals surface area (Å²) in [6.45, 7) is 5.17. The molecular weight excluding hydrogens is 244 g/mol. The minimum atomic E-state index is -0.772. The van der Waals surface area contributed by atoms with Gasteiger partial charge in [0, 0.05) is 13.1 Å². The van der Waals surface area contributed by atoms with Crippen LogP contribution in [0.1, 0.15) is 52.4 Å². The Balaban J connectivity index is 2.44. The first kappa shape index (κ1) is 15.8. The van der Waals surface area contributed by atoms with E-state index in [4.69, 9.17) is 5.11 Å². The van der Waals surface area contributed by atoms with Crippen LogP contribution >= 0.6 is 0 Å². The van der Waals surface area contributed by atoms with Gasteiger partial charge in [-0.25, -0.2) is 4.79 Å². The van der Waals surface area contributed by atoms with Crippen molar-refractivity contribution in [2.75, 3.05) is 13.1 Å². The maximum atomic E-state index is 11.6. The number of carbonyl (C=O) groups excluding carboxylic acids is 1. The summed E-state index contributed by atoms with van der Waals surface area (Å²) < 4.78 is 0. The molecule has 1 saturated carbocycles. The number of carboxylic acids is 1. The number of carbonyl (C=O) groups is 2. The number of hydrogen-bond acceptors (Lipinski definition) is 2. The molecule has 2 amide bonds. The van der Waals surface area contributed by atoms with Crippen LogP contribution in [-0.2, 0) is 4.79 Å². The van der Waals surface area contributed by atoms with Crippen molar-refractivity contribution in [1.82, 2.24) is 10.6 Å². The van der Waals surface area contributed by atoms with Crippen LogP contribution in [0.3, 0.4) is 0 Å². The van der Waals surface area contributed by atoms with Crippen LogP contribution in [0.2, 0.25) is 0 Å². The summed E-state index contributed by atoms with van der Waals surface area (Å²) in [6, 6.07) is -0.191. The topological polar surface area (TPSA) is 78.4 Å². The molecule has 0 aromatic heterocycles. The lowest BCUT2D eigenvalue weighted by atomic mass is 9.72. The van der Waals surface area contributed by atoms with Crippen molar-refractivity contribution in [3.8, 4) is 0 Å². The molecule has 0 aromatic carbocycles. The molecule has 3 N–H and O–H groups in total. The number of urea groups is 1. The van der Waals surface area contributed by atoms with E-state index in [1.54, 1.807) is 0 Å². The number of carboxylic acid groups (broad SMARTS) is 1. The Bertz CT molecular complexity index is 310. The molecule has 19 heavy (non-hydrogen) atoms. The van der Waals surface area contributed by atoms with Crippen LogP contribution in [0, 0.1) is 11.3 Å². The first-order valence-corrected chi connectivity index (χ1v) is 7.17. The van der Waals surface area contributed by atoms with Gasteiger partial charge in [0.25, 0.3) is 0 Å². The first-order valence-electron chi connectivity index (χ1n) is 7.17. The normalized spacial score (nSPS) is 18.1. The zero-order valence-corrected chi connectivity index (χ0v) is 12.0. The predicted octanol–water partition coefficient (Wildman–Crippen LogP) is 2.37. The minimum absolute atomic E-state index is 0.150. The third-order valence-electron chi connectivity index (χ3n) is 3.74. The second kappa shape index (κ2) is 7.36. The van der Waals surface area contributed by atoms with Gasteiger partial charge >= 0.3 is 12.0 Å². The molecule has 0 spiro atoms. The van der Waals surface area contributed by atoms with Crippen molar-refractivity contribution in [3.63, 3.8) is 0 Å². The van der Waals surface area contributed by atoms with E-state index in [9.17, 15) is 9.59 Å². The Hall–Kier alpha value is -1.26. The lowest BCUT2D eigenvalue weighted by Crippen LogP contribution is -2.45. The van der Waals surface area contributed by atoms with E-state index in [0.29, 0.717) is 19.0 Å². The summed E-state index contributed by atoms with van der Waals surface area (Å²) in [4.78, 5) is 22.7. The molecule has 1 aliphatic carbocycles. The molecule has 5 heteroatoms. The fourth-order valence-electron chi connectivity index (χ4n) is 2.67. The van der Waals surface area contributed by atoms with Gasteiger partial charge in [-0.05, 0) is 24.2 Å². The van der Waals surface area contributed by atoms with Crippen LogP contribution in [0.15, 0.2) is 0 Å². The van der Waals surface area contributed by atoms with Gasteiger partial charge in [0.05, 0.1) is 6.42 Å². The molecule has 0 saturated heterocycles. The molecule has 0 heterocycles.